The molecule has 3 aromatic rings. The van der Waals surface area contributed by atoms with Crippen LogP contribution in [-0.2, 0) is 21.3 Å². The molecule has 0 bridgehead atoms. The summed E-state index contributed by atoms with van der Waals surface area (Å²) in [6.07, 6.45) is 0. The molecule has 0 aliphatic carbocycles. The first-order valence-corrected chi connectivity index (χ1v) is 11.3. The van der Waals surface area contributed by atoms with Gasteiger partial charge in [0, 0.05) is 18.2 Å². The lowest BCUT2D eigenvalue weighted by Crippen LogP contribution is -2.32. The van der Waals surface area contributed by atoms with Gasteiger partial charge in [-0.15, -0.1) is 0 Å². The Labute approximate surface area is 185 Å². The van der Waals surface area contributed by atoms with Crippen molar-refractivity contribution in [1.82, 2.24) is 14.5 Å². The molecule has 1 heterocycles. The third-order valence-electron chi connectivity index (χ3n) is 4.54. The molecule has 0 radical (unpaired) electrons. The van der Waals surface area contributed by atoms with Gasteiger partial charge < -0.3 is 9.47 Å². The van der Waals surface area contributed by atoms with Crippen LogP contribution in [0.25, 0.3) is 11.3 Å². The fourth-order valence-corrected chi connectivity index (χ4v) is 3.90. The Morgan fingerprint density at radius 3 is 2.34 bits per heavy atom. The van der Waals surface area contributed by atoms with Crippen LogP contribution < -0.4 is 15.0 Å². The number of sulfonamides is 1. The summed E-state index contributed by atoms with van der Waals surface area (Å²) in [4.78, 5) is 23.8. The van der Waals surface area contributed by atoms with Gasteiger partial charge in [0.05, 0.1) is 36.4 Å². The Bertz CT molecular complexity index is 1240. The lowest BCUT2D eigenvalue weighted by Gasteiger charge is -2.10. The predicted octanol–water partition coefficient (Wildman–Crippen LogP) is 2.07. The van der Waals surface area contributed by atoms with Crippen LogP contribution in [0.1, 0.15) is 17.3 Å². The van der Waals surface area contributed by atoms with Crippen LogP contribution in [0, 0.1) is 0 Å². The molecule has 0 fully saturated rings. The summed E-state index contributed by atoms with van der Waals surface area (Å²) in [7, 11) is -2.25. The molecule has 0 aliphatic rings. The lowest BCUT2D eigenvalue weighted by atomic mass is 10.1. The van der Waals surface area contributed by atoms with Crippen LogP contribution in [0.2, 0.25) is 0 Å². The molecule has 0 atom stereocenters. The van der Waals surface area contributed by atoms with Crippen molar-refractivity contribution in [2.75, 3.05) is 20.3 Å². The maximum Gasteiger partial charge on any atom is 0.338 e. The minimum atomic E-state index is -3.83. The minimum absolute atomic E-state index is 0.00200. The van der Waals surface area contributed by atoms with Crippen molar-refractivity contribution >= 4 is 16.0 Å². The van der Waals surface area contributed by atoms with Crippen molar-refractivity contribution in [1.29, 1.82) is 0 Å². The Morgan fingerprint density at radius 2 is 1.72 bits per heavy atom. The fourth-order valence-electron chi connectivity index (χ4n) is 2.88. The van der Waals surface area contributed by atoms with Gasteiger partial charge in [-0.1, -0.05) is 0 Å². The minimum Gasteiger partial charge on any atom is -0.497 e. The van der Waals surface area contributed by atoms with E-state index in [9.17, 15) is 18.0 Å². The highest BCUT2D eigenvalue weighted by molar-refractivity contribution is 7.89. The number of ether oxygens (including phenoxy) is 2. The SMILES string of the molecule is CCOC(=O)c1ccc(S(=O)(=O)NCCn2nc(-c3ccc(OC)cc3)ccc2=O)cc1. The van der Waals surface area contributed by atoms with E-state index in [0.717, 1.165) is 5.56 Å². The van der Waals surface area contributed by atoms with Crippen LogP contribution in [0.5, 0.6) is 5.75 Å². The Kier molecular flexibility index (Phi) is 7.39. The highest BCUT2D eigenvalue weighted by atomic mass is 32.2. The molecule has 0 unspecified atom stereocenters. The van der Waals surface area contributed by atoms with Gasteiger partial charge in [-0.3, -0.25) is 4.79 Å². The smallest absolute Gasteiger partial charge is 0.338 e. The molecule has 0 saturated heterocycles. The normalized spacial score (nSPS) is 11.2. The first kappa shape index (κ1) is 23.2. The number of aromatic nitrogens is 2. The number of rotatable bonds is 9. The van der Waals surface area contributed by atoms with Gasteiger partial charge in [-0.2, -0.15) is 5.10 Å². The molecular formula is C22H23N3O6S. The summed E-state index contributed by atoms with van der Waals surface area (Å²) >= 11 is 0. The molecule has 1 aromatic heterocycles. The Hall–Kier alpha value is -3.50. The van der Waals surface area contributed by atoms with Crippen molar-refractivity contribution in [2.45, 2.75) is 18.4 Å². The van der Waals surface area contributed by atoms with Gasteiger partial charge in [0.1, 0.15) is 5.75 Å². The molecule has 1 N–H and O–H groups in total. The standard InChI is InChI=1S/C22H23N3O6S/c1-3-31-22(27)17-6-10-19(11-7-17)32(28,29)23-14-15-25-21(26)13-12-20(24-25)16-4-8-18(30-2)9-5-16/h4-13,23H,3,14-15H2,1-2H3. The summed E-state index contributed by atoms with van der Waals surface area (Å²) < 4.78 is 38.7. The van der Waals surface area contributed by atoms with Gasteiger partial charge in [0.15, 0.2) is 0 Å². The summed E-state index contributed by atoms with van der Waals surface area (Å²) in [6, 6.07) is 15.6. The lowest BCUT2D eigenvalue weighted by molar-refractivity contribution is 0.0526. The van der Waals surface area contributed by atoms with Crippen molar-refractivity contribution in [3.8, 4) is 17.0 Å². The van der Waals surface area contributed by atoms with Crippen LogP contribution in [0.15, 0.2) is 70.4 Å². The van der Waals surface area contributed by atoms with E-state index < -0.39 is 16.0 Å². The van der Waals surface area contributed by atoms with Crippen molar-refractivity contribution < 1.29 is 22.7 Å². The van der Waals surface area contributed by atoms with Gasteiger partial charge in [-0.05, 0) is 61.5 Å². The zero-order chi connectivity index (χ0) is 23.1. The monoisotopic (exact) mass is 457 g/mol. The van der Waals surface area contributed by atoms with Crippen LogP contribution in [-0.4, -0.2) is 44.4 Å². The molecule has 168 valence electrons. The van der Waals surface area contributed by atoms with Crippen molar-refractivity contribution in [3.05, 3.63) is 76.6 Å². The first-order chi connectivity index (χ1) is 15.3. The highest BCUT2D eigenvalue weighted by Crippen LogP contribution is 2.19. The highest BCUT2D eigenvalue weighted by Gasteiger charge is 2.15. The molecule has 0 aliphatic heterocycles. The number of carbonyl (C=O) groups is 1. The molecule has 0 amide bonds. The number of hydrogen-bond donors (Lipinski definition) is 1. The Morgan fingerprint density at radius 1 is 1.03 bits per heavy atom. The average Bonchev–Trinajstić information content (AvgIpc) is 2.80. The van der Waals surface area contributed by atoms with E-state index in [1.807, 2.05) is 12.1 Å². The molecule has 0 spiro atoms. The second kappa shape index (κ2) is 10.2. The zero-order valence-electron chi connectivity index (χ0n) is 17.6. The quantitative estimate of drug-likeness (QED) is 0.489. The van der Waals surface area contributed by atoms with Crippen molar-refractivity contribution in [3.63, 3.8) is 0 Å². The van der Waals surface area contributed by atoms with Gasteiger partial charge in [-0.25, -0.2) is 22.6 Å². The summed E-state index contributed by atoms with van der Waals surface area (Å²) in [5.74, 6) is 0.179. The van der Waals surface area contributed by atoms with E-state index in [2.05, 4.69) is 9.82 Å². The average molecular weight is 458 g/mol. The number of nitrogens with zero attached hydrogens (tertiary/aromatic N) is 2. The Balaban J connectivity index is 1.67. The van der Waals surface area contributed by atoms with Crippen LogP contribution in [0.3, 0.4) is 0 Å². The van der Waals surface area contributed by atoms with E-state index in [-0.39, 0.29) is 35.7 Å². The first-order valence-electron chi connectivity index (χ1n) is 9.83. The summed E-state index contributed by atoms with van der Waals surface area (Å²) in [6.45, 7) is 1.92. The topological polar surface area (TPSA) is 117 Å². The number of carbonyl (C=O) groups excluding carboxylic acids is 1. The maximum atomic E-state index is 12.5. The zero-order valence-corrected chi connectivity index (χ0v) is 18.5. The van der Waals surface area contributed by atoms with Gasteiger partial charge in [0.2, 0.25) is 10.0 Å². The summed E-state index contributed by atoms with van der Waals surface area (Å²) in [5, 5.41) is 4.32. The number of nitrogens with one attached hydrogen (secondary N) is 1. The van der Waals surface area contributed by atoms with E-state index in [1.54, 1.807) is 32.2 Å². The van der Waals surface area contributed by atoms with Crippen LogP contribution >= 0.6 is 0 Å². The third-order valence-corrected chi connectivity index (χ3v) is 6.02. The predicted molar refractivity (Wildman–Crippen MR) is 118 cm³/mol. The van der Waals surface area contributed by atoms with Gasteiger partial charge in [0.25, 0.3) is 5.56 Å². The van der Waals surface area contributed by atoms with E-state index in [0.29, 0.717) is 11.4 Å². The second-order valence-corrected chi connectivity index (χ2v) is 8.42. The van der Waals surface area contributed by atoms with Crippen LogP contribution in [0.4, 0.5) is 0 Å². The third kappa shape index (κ3) is 5.59. The molecular weight excluding hydrogens is 434 g/mol. The van der Waals surface area contributed by atoms with Gasteiger partial charge >= 0.3 is 5.97 Å². The maximum absolute atomic E-state index is 12.5. The largest absolute Gasteiger partial charge is 0.497 e. The fraction of sp³-hybridized carbons (Fsp3) is 0.227. The molecule has 32 heavy (non-hydrogen) atoms. The van der Waals surface area contributed by atoms with Crippen molar-refractivity contribution in [2.24, 2.45) is 0 Å². The molecule has 10 heteroatoms. The molecule has 3 rings (SSSR count). The van der Waals surface area contributed by atoms with E-state index in [4.69, 9.17) is 9.47 Å². The van der Waals surface area contributed by atoms with E-state index in [1.165, 1.54) is 35.0 Å². The second-order valence-electron chi connectivity index (χ2n) is 6.65. The summed E-state index contributed by atoms with van der Waals surface area (Å²) in [5.41, 5.74) is 1.28. The molecule has 0 saturated carbocycles. The molecule has 9 nitrogen and oxygen atoms in total. The number of benzene rings is 2. The number of esters is 1. The van der Waals surface area contributed by atoms with E-state index >= 15 is 0 Å². The molecule has 2 aromatic carbocycles. The number of methoxy groups -OCH3 is 1. The number of hydrogen-bond acceptors (Lipinski definition) is 7.